The summed E-state index contributed by atoms with van der Waals surface area (Å²) in [6, 6.07) is 0.536. The van der Waals surface area contributed by atoms with Crippen LogP contribution in [0.5, 0.6) is 0 Å². The maximum atomic E-state index is 6.09. The summed E-state index contributed by atoms with van der Waals surface area (Å²) >= 11 is 0. The van der Waals surface area contributed by atoms with Gasteiger partial charge in [-0.05, 0) is 37.6 Å². The van der Waals surface area contributed by atoms with Crippen LogP contribution in [-0.4, -0.2) is 25.8 Å². The van der Waals surface area contributed by atoms with Crippen molar-refractivity contribution in [2.24, 2.45) is 11.3 Å². The Hall–Kier alpha value is -0.0800. The first-order valence-corrected chi connectivity index (χ1v) is 6.92. The fourth-order valence-electron chi connectivity index (χ4n) is 3.26. The highest BCUT2D eigenvalue weighted by molar-refractivity contribution is 4.96. The fourth-order valence-corrected chi connectivity index (χ4v) is 3.26. The SMILES string of the molecule is CNC1C(OCCC2CCC2)CCC1(C)C. The molecule has 0 heterocycles. The van der Waals surface area contributed by atoms with Crippen LogP contribution in [0.25, 0.3) is 0 Å². The molecule has 2 aliphatic rings. The zero-order chi connectivity index (χ0) is 11.6. The van der Waals surface area contributed by atoms with Crippen molar-refractivity contribution in [3.05, 3.63) is 0 Å². The standard InChI is InChI=1S/C14H27NO/c1-14(2)9-7-12(13(14)15-3)16-10-8-11-5-4-6-11/h11-13,15H,4-10H2,1-3H3. The summed E-state index contributed by atoms with van der Waals surface area (Å²) in [5, 5.41) is 3.45. The number of hydrogen-bond donors (Lipinski definition) is 1. The van der Waals surface area contributed by atoms with Gasteiger partial charge in [0.15, 0.2) is 0 Å². The van der Waals surface area contributed by atoms with E-state index in [9.17, 15) is 0 Å². The van der Waals surface area contributed by atoms with Crippen LogP contribution in [0, 0.1) is 11.3 Å². The van der Waals surface area contributed by atoms with Gasteiger partial charge in [-0.25, -0.2) is 0 Å². The summed E-state index contributed by atoms with van der Waals surface area (Å²) in [6.07, 6.45) is 8.56. The van der Waals surface area contributed by atoms with Crippen LogP contribution in [0.1, 0.15) is 52.4 Å². The Labute approximate surface area is 100 Å². The zero-order valence-corrected chi connectivity index (χ0v) is 11.1. The predicted molar refractivity (Wildman–Crippen MR) is 67.6 cm³/mol. The highest BCUT2D eigenvalue weighted by atomic mass is 16.5. The van der Waals surface area contributed by atoms with Gasteiger partial charge >= 0.3 is 0 Å². The number of hydrogen-bond acceptors (Lipinski definition) is 2. The average Bonchev–Trinajstić information content (AvgIpc) is 2.45. The van der Waals surface area contributed by atoms with Crippen LogP contribution in [0.3, 0.4) is 0 Å². The lowest BCUT2D eigenvalue weighted by Gasteiger charge is -2.31. The molecule has 2 unspecified atom stereocenters. The molecule has 0 aromatic carbocycles. The molecule has 0 aromatic heterocycles. The fraction of sp³-hybridized carbons (Fsp3) is 1.00. The van der Waals surface area contributed by atoms with Crippen LogP contribution in [0.4, 0.5) is 0 Å². The molecule has 2 atom stereocenters. The highest BCUT2D eigenvalue weighted by Gasteiger charge is 2.41. The Morgan fingerprint density at radius 2 is 2.00 bits per heavy atom. The molecule has 0 spiro atoms. The minimum atomic E-state index is 0.399. The predicted octanol–water partition coefficient (Wildman–Crippen LogP) is 2.97. The van der Waals surface area contributed by atoms with Gasteiger partial charge in [0.1, 0.15) is 0 Å². The van der Waals surface area contributed by atoms with Crippen LogP contribution in [-0.2, 0) is 4.74 Å². The Morgan fingerprint density at radius 1 is 1.25 bits per heavy atom. The molecule has 0 bridgehead atoms. The summed E-state index contributed by atoms with van der Waals surface area (Å²) in [7, 11) is 2.07. The molecule has 0 amide bonds. The van der Waals surface area contributed by atoms with E-state index in [0.29, 0.717) is 17.6 Å². The quantitative estimate of drug-likeness (QED) is 0.776. The van der Waals surface area contributed by atoms with Gasteiger partial charge in [-0.2, -0.15) is 0 Å². The second-order valence-electron chi connectivity index (χ2n) is 6.29. The van der Waals surface area contributed by atoms with Crippen LogP contribution in [0.15, 0.2) is 0 Å². The molecular formula is C14H27NO. The van der Waals surface area contributed by atoms with Crippen LogP contribution < -0.4 is 5.32 Å². The Balaban J connectivity index is 1.72. The van der Waals surface area contributed by atoms with Crippen molar-refractivity contribution in [2.75, 3.05) is 13.7 Å². The third-order valence-electron chi connectivity index (χ3n) is 4.68. The van der Waals surface area contributed by atoms with Crippen molar-refractivity contribution in [3.8, 4) is 0 Å². The first-order chi connectivity index (χ1) is 7.63. The first-order valence-electron chi connectivity index (χ1n) is 6.92. The largest absolute Gasteiger partial charge is 0.377 e. The summed E-state index contributed by atoms with van der Waals surface area (Å²) in [5.41, 5.74) is 0.399. The van der Waals surface area contributed by atoms with Crippen LogP contribution in [0.2, 0.25) is 0 Å². The first kappa shape index (κ1) is 12.4. The lowest BCUT2D eigenvalue weighted by Crippen LogP contribution is -2.43. The second kappa shape index (κ2) is 5.05. The van der Waals surface area contributed by atoms with Gasteiger partial charge in [-0.1, -0.05) is 33.1 Å². The minimum Gasteiger partial charge on any atom is -0.377 e. The van der Waals surface area contributed by atoms with Gasteiger partial charge in [0.05, 0.1) is 6.10 Å². The van der Waals surface area contributed by atoms with E-state index in [1.807, 2.05) is 0 Å². The van der Waals surface area contributed by atoms with Crippen molar-refractivity contribution in [3.63, 3.8) is 0 Å². The number of likely N-dealkylation sites (N-methyl/N-ethyl adjacent to an activating group) is 1. The number of rotatable bonds is 5. The van der Waals surface area contributed by atoms with Crippen molar-refractivity contribution >= 4 is 0 Å². The summed E-state index contributed by atoms with van der Waals surface area (Å²) in [5.74, 6) is 0.974. The van der Waals surface area contributed by atoms with E-state index in [1.54, 1.807) is 0 Å². The summed E-state index contributed by atoms with van der Waals surface area (Å²) < 4.78 is 6.09. The van der Waals surface area contributed by atoms with E-state index in [2.05, 4.69) is 26.2 Å². The van der Waals surface area contributed by atoms with Gasteiger partial charge in [0.2, 0.25) is 0 Å². The maximum absolute atomic E-state index is 6.09. The molecular weight excluding hydrogens is 198 g/mol. The molecule has 2 nitrogen and oxygen atoms in total. The normalized spacial score (nSPS) is 33.9. The molecule has 0 aromatic rings. The van der Waals surface area contributed by atoms with Crippen molar-refractivity contribution in [2.45, 2.75) is 64.5 Å². The molecule has 0 aliphatic heterocycles. The van der Waals surface area contributed by atoms with Crippen LogP contribution >= 0.6 is 0 Å². The molecule has 1 N–H and O–H groups in total. The molecule has 2 heteroatoms. The van der Waals surface area contributed by atoms with Gasteiger partial charge in [0.25, 0.3) is 0 Å². The highest BCUT2D eigenvalue weighted by Crippen LogP contribution is 2.39. The van der Waals surface area contributed by atoms with E-state index >= 15 is 0 Å². The number of ether oxygens (including phenoxy) is 1. The lowest BCUT2D eigenvalue weighted by atomic mass is 9.83. The number of nitrogens with one attached hydrogen (secondary N) is 1. The third kappa shape index (κ3) is 2.60. The van der Waals surface area contributed by atoms with Crippen molar-refractivity contribution in [1.82, 2.24) is 5.32 Å². The average molecular weight is 225 g/mol. The minimum absolute atomic E-state index is 0.399. The second-order valence-corrected chi connectivity index (χ2v) is 6.29. The Kier molecular flexibility index (Phi) is 3.91. The van der Waals surface area contributed by atoms with E-state index in [4.69, 9.17) is 4.74 Å². The topological polar surface area (TPSA) is 21.3 Å². The molecule has 2 aliphatic carbocycles. The van der Waals surface area contributed by atoms with E-state index in [0.717, 1.165) is 12.5 Å². The van der Waals surface area contributed by atoms with Crippen molar-refractivity contribution in [1.29, 1.82) is 0 Å². The van der Waals surface area contributed by atoms with Gasteiger partial charge in [0, 0.05) is 12.6 Å². The summed E-state index contributed by atoms with van der Waals surface area (Å²) in [6.45, 7) is 5.68. The van der Waals surface area contributed by atoms with Gasteiger partial charge < -0.3 is 10.1 Å². The van der Waals surface area contributed by atoms with Gasteiger partial charge in [-0.15, -0.1) is 0 Å². The van der Waals surface area contributed by atoms with E-state index in [1.165, 1.54) is 38.5 Å². The van der Waals surface area contributed by atoms with E-state index < -0.39 is 0 Å². The molecule has 2 rings (SSSR count). The summed E-state index contributed by atoms with van der Waals surface area (Å²) in [4.78, 5) is 0. The maximum Gasteiger partial charge on any atom is 0.0733 e. The Bertz CT molecular complexity index is 223. The molecule has 0 radical (unpaired) electrons. The third-order valence-corrected chi connectivity index (χ3v) is 4.68. The van der Waals surface area contributed by atoms with Gasteiger partial charge in [-0.3, -0.25) is 0 Å². The molecule has 0 saturated heterocycles. The Morgan fingerprint density at radius 3 is 2.56 bits per heavy atom. The molecule has 94 valence electrons. The smallest absolute Gasteiger partial charge is 0.0733 e. The molecule has 2 fully saturated rings. The molecule has 16 heavy (non-hydrogen) atoms. The molecule has 2 saturated carbocycles. The monoisotopic (exact) mass is 225 g/mol. The lowest BCUT2D eigenvalue weighted by molar-refractivity contribution is 0.0170. The van der Waals surface area contributed by atoms with Crippen molar-refractivity contribution < 1.29 is 4.74 Å². The van der Waals surface area contributed by atoms with E-state index in [-0.39, 0.29) is 0 Å². The zero-order valence-electron chi connectivity index (χ0n) is 11.1.